The molecule has 2 saturated heterocycles. The number of piperidine rings is 2. The molecule has 2 heterocycles. The zero-order valence-corrected chi connectivity index (χ0v) is 11.0. The molecule has 1 N–H and O–H groups in total. The Morgan fingerprint density at radius 3 is 2.29 bits per heavy atom. The standard InChI is InChI=1S/C14H24N2O/c1-14(2)4-12(5-14)13(17)16-8-10-3-11(9-16)7-15-6-10/h10-12,15H,3-9H2,1-2H3. The molecule has 17 heavy (non-hydrogen) atoms. The number of fused-ring (bicyclic) bond motifs is 2. The summed E-state index contributed by atoms with van der Waals surface area (Å²) in [5, 5.41) is 3.48. The second-order valence-corrected chi connectivity index (χ2v) is 7.14. The van der Waals surface area contributed by atoms with Crippen molar-refractivity contribution in [2.45, 2.75) is 33.1 Å². The van der Waals surface area contributed by atoms with Crippen LogP contribution in [0.4, 0.5) is 0 Å². The van der Waals surface area contributed by atoms with Crippen LogP contribution in [0.3, 0.4) is 0 Å². The summed E-state index contributed by atoms with van der Waals surface area (Å²) in [7, 11) is 0. The molecular weight excluding hydrogens is 212 g/mol. The van der Waals surface area contributed by atoms with Gasteiger partial charge >= 0.3 is 0 Å². The number of hydrogen-bond acceptors (Lipinski definition) is 2. The number of likely N-dealkylation sites (tertiary alicyclic amines) is 1. The van der Waals surface area contributed by atoms with Crippen LogP contribution < -0.4 is 5.32 Å². The van der Waals surface area contributed by atoms with Gasteiger partial charge < -0.3 is 10.2 Å². The molecule has 3 aliphatic rings. The molecule has 3 rings (SSSR count). The molecule has 0 radical (unpaired) electrons. The lowest BCUT2D eigenvalue weighted by Gasteiger charge is -2.47. The van der Waals surface area contributed by atoms with Crippen LogP contribution in [-0.4, -0.2) is 37.0 Å². The first kappa shape index (κ1) is 11.5. The third-order valence-corrected chi connectivity index (χ3v) is 4.75. The van der Waals surface area contributed by atoms with Gasteiger partial charge in [-0.25, -0.2) is 0 Å². The molecular formula is C14H24N2O. The van der Waals surface area contributed by atoms with E-state index in [1.54, 1.807) is 0 Å². The first-order valence-corrected chi connectivity index (χ1v) is 7.03. The van der Waals surface area contributed by atoms with Gasteiger partial charge in [0.15, 0.2) is 0 Å². The van der Waals surface area contributed by atoms with Crippen LogP contribution in [0.5, 0.6) is 0 Å². The van der Waals surface area contributed by atoms with Crippen LogP contribution >= 0.6 is 0 Å². The van der Waals surface area contributed by atoms with Crippen LogP contribution in [0.1, 0.15) is 33.1 Å². The minimum atomic E-state index is 0.330. The van der Waals surface area contributed by atoms with Crippen molar-refractivity contribution in [2.24, 2.45) is 23.2 Å². The first-order chi connectivity index (χ1) is 8.03. The highest BCUT2D eigenvalue weighted by Crippen LogP contribution is 2.45. The molecule has 96 valence electrons. The number of hydrogen-bond donors (Lipinski definition) is 1. The van der Waals surface area contributed by atoms with E-state index in [4.69, 9.17) is 0 Å². The largest absolute Gasteiger partial charge is 0.342 e. The van der Waals surface area contributed by atoms with Gasteiger partial charge in [0.05, 0.1) is 0 Å². The molecule has 0 aromatic carbocycles. The SMILES string of the molecule is CC1(C)CC(C(=O)N2CC3CNCC(C3)C2)C1. The van der Waals surface area contributed by atoms with Gasteiger partial charge in [0.2, 0.25) is 5.91 Å². The predicted molar refractivity (Wildman–Crippen MR) is 67.6 cm³/mol. The zero-order valence-electron chi connectivity index (χ0n) is 11.0. The Morgan fingerprint density at radius 2 is 1.76 bits per heavy atom. The van der Waals surface area contributed by atoms with Crippen LogP contribution in [0, 0.1) is 23.2 Å². The molecule has 2 aliphatic heterocycles. The average Bonchev–Trinajstić information content (AvgIpc) is 2.24. The first-order valence-electron chi connectivity index (χ1n) is 7.03. The van der Waals surface area contributed by atoms with Gasteiger partial charge in [-0.15, -0.1) is 0 Å². The van der Waals surface area contributed by atoms with Crippen LogP contribution in [-0.2, 0) is 4.79 Å². The second kappa shape index (κ2) is 3.98. The van der Waals surface area contributed by atoms with E-state index in [-0.39, 0.29) is 0 Å². The number of rotatable bonds is 1. The van der Waals surface area contributed by atoms with Gasteiger partial charge in [0.25, 0.3) is 0 Å². The molecule has 1 aliphatic carbocycles. The van der Waals surface area contributed by atoms with Crippen molar-refractivity contribution < 1.29 is 4.79 Å². The molecule has 1 amide bonds. The summed E-state index contributed by atoms with van der Waals surface area (Å²) in [5.41, 5.74) is 0.410. The Hall–Kier alpha value is -0.570. The molecule has 0 aromatic heterocycles. The van der Waals surface area contributed by atoms with Crippen molar-refractivity contribution in [1.82, 2.24) is 10.2 Å². The van der Waals surface area contributed by atoms with Crippen molar-refractivity contribution in [3.8, 4) is 0 Å². The highest BCUT2D eigenvalue weighted by atomic mass is 16.2. The minimum absolute atomic E-state index is 0.330. The van der Waals surface area contributed by atoms with Crippen molar-refractivity contribution in [3.05, 3.63) is 0 Å². The highest BCUT2D eigenvalue weighted by molar-refractivity contribution is 5.80. The second-order valence-electron chi connectivity index (χ2n) is 7.14. The summed E-state index contributed by atoms with van der Waals surface area (Å²) in [6, 6.07) is 0. The summed E-state index contributed by atoms with van der Waals surface area (Å²) in [5.74, 6) is 2.19. The molecule has 2 unspecified atom stereocenters. The van der Waals surface area contributed by atoms with E-state index in [2.05, 4.69) is 24.1 Å². The topological polar surface area (TPSA) is 32.3 Å². The van der Waals surface area contributed by atoms with E-state index < -0.39 is 0 Å². The van der Waals surface area contributed by atoms with E-state index in [0.717, 1.165) is 39.0 Å². The van der Waals surface area contributed by atoms with Crippen LogP contribution in [0.15, 0.2) is 0 Å². The molecule has 2 atom stereocenters. The number of carbonyl (C=O) groups excluding carboxylic acids is 1. The minimum Gasteiger partial charge on any atom is -0.342 e. The molecule has 2 bridgehead atoms. The molecule has 0 aromatic rings. The number of amides is 1. The molecule has 3 nitrogen and oxygen atoms in total. The summed E-state index contributed by atoms with van der Waals surface area (Å²) in [6.45, 7) is 8.75. The highest BCUT2D eigenvalue weighted by Gasteiger charge is 2.43. The van der Waals surface area contributed by atoms with Gasteiger partial charge in [0, 0.05) is 19.0 Å². The Balaban J connectivity index is 1.59. The Labute approximate surface area is 104 Å². The monoisotopic (exact) mass is 236 g/mol. The lowest BCUT2D eigenvalue weighted by molar-refractivity contribution is -0.146. The van der Waals surface area contributed by atoms with Crippen molar-refractivity contribution in [1.29, 1.82) is 0 Å². The van der Waals surface area contributed by atoms with Gasteiger partial charge in [-0.2, -0.15) is 0 Å². The van der Waals surface area contributed by atoms with E-state index in [1.807, 2.05) is 0 Å². The fourth-order valence-corrected chi connectivity index (χ4v) is 3.99. The van der Waals surface area contributed by atoms with E-state index >= 15 is 0 Å². The van der Waals surface area contributed by atoms with Gasteiger partial charge in [0.1, 0.15) is 0 Å². The molecule has 3 heteroatoms. The van der Waals surface area contributed by atoms with E-state index in [9.17, 15) is 4.79 Å². The van der Waals surface area contributed by atoms with Crippen LogP contribution in [0.2, 0.25) is 0 Å². The van der Waals surface area contributed by atoms with Gasteiger partial charge in [-0.3, -0.25) is 4.79 Å². The molecule has 3 fully saturated rings. The van der Waals surface area contributed by atoms with E-state index in [1.165, 1.54) is 6.42 Å². The predicted octanol–water partition coefficient (Wildman–Crippen LogP) is 1.49. The maximum Gasteiger partial charge on any atom is 0.225 e. The lowest BCUT2D eigenvalue weighted by Crippen LogP contribution is -2.55. The summed E-state index contributed by atoms with van der Waals surface area (Å²) in [6.07, 6.45) is 3.51. The molecule has 0 spiro atoms. The lowest BCUT2D eigenvalue weighted by atomic mass is 9.64. The normalized spacial score (nSPS) is 36.5. The summed E-state index contributed by atoms with van der Waals surface area (Å²) < 4.78 is 0. The Morgan fingerprint density at radius 1 is 1.18 bits per heavy atom. The quantitative estimate of drug-likeness (QED) is 0.748. The summed E-state index contributed by atoms with van der Waals surface area (Å²) in [4.78, 5) is 14.6. The van der Waals surface area contributed by atoms with Gasteiger partial charge in [-0.05, 0) is 49.6 Å². The third-order valence-electron chi connectivity index (χ3n) is 4.75. The zero-order chi connectivity index (χ0) is 12.0. The fourth-order valence-electron chi connectivity index (χ4n) is 3.99. The Bertz CT molecular complexity index is 306. The third kappa shape index (κ3) is 2.22. The smallest absolute Gasteiger partial charge is 0.225 e. The van der Waals surface area contributed by atoms with Crippen molar-refractivity contribution in [3.63, 3.8) is 0 Å². The van der Waals surface area contributed by atoms with E-state index in [0.29, 0.717) is 29.1 Å². The van der Waals surface area contributed by atoms with Crippen molar-refractivity contribution >= 4 is 5.91 Å². The number of nitrogens with one attached hydrogen (secondary N) is 1. The maximum absolute atomic E-state index is 12.4. The summed E-state index contributed by atoms with van der Waals surface area (Å²) >= 11 is 0. The Kier molecular flexibility index (Phi) is 2.69. The van der Waals surface area contributed by atoms with Crippen molar-refractivity contribution in [2.75, 3.05) is 26.2 Å². The molecule has 1 saturated carbocycles. The van der Waals surface area contributed by atoms with Crippen LogP contribution in [0.25, 0.3) is 0 Å². The number of carbonyl (C=O) groups is 1. The average molecular weight is 236 g/mol. The van der Waals surface area contributed by atoms with Gasteiger partial charge in [-0.1, -0.05) is 13.8 Å². The fraction of sp³-hybridized carbons (Fsp3) is 0.929. The number of nitrogens with zero attached hydrogens (tertiary/aromatic N) is 1. The maximum atomic E-state index is 12.4.